The van der Waals surface area contributed by atoms with Crippen molar-refractivity contribution in [1.82, 2.24) is 0 Å². The normalized spacial score (nSPS) is 12.0. The van der Waals surface area contributed by atoms with Gasteiger partial charge in [-0.15, -0.1) is 0 Å². The van der Waals surface area contributed by atoms with Crippen LogP contribution in [0.4, 0.5) is 0 Å². The summed E-state index contributed by atoms with van der Waals surface area (Å²) in [5.41, 5.74) is 7.19. The molecule has 0 aliphatic rings. The zero-order valence-corrected chi connectivity index (χ0v) is 13.9. The average molecular weight is 350 g/mol. The van der Waals surface area contributed by atoms with E-state index in [0.29, 0.717) is 0 Å². The van der Waals surface area contributed by atoms with E-state index in [2.05, 4.69) is 35.0 Å². The second-order valence-electron chi connectivity index (χ2n) is 4.91. The first-order valence-electron chi connectivity index (χ1n) is 6.98. The van der Waals surface area contributed by atoms with Gasteiger partial charge in [-0.05, 0) is 70.7 Å². The largest absolute Gasteiger partial charge is 0.497 e. The van der Waals surface area contributed by atoms with E-state index in [9.17, 15) is 0 Å². The Kier molecular flexibility index (Phi) is 5.65. The number of benzene rings is 2. The van der Waals surface area contributed by atoms with Crippen LogP contribution < -0.4 is 15.2 Å². The topological polar surface area (TPSA) is 44.5 Å². The molecular weight excluding hydrogens is 330 g/mol. The lowest BCUT2D eigenvalue weighted by molar-refractivity contribution is 0.412. The minimum Gasteiger partial charge on any atom is -0.497 e. The molecule has 0 heterocycles. The molecule has 2 aromatic rings. The van der Waals surface area contributed by atoms with E-state index in [1.165, 1.54) is 5.56 Å². The van der Waals surface area contributed by atoms with Crippen molar-refractivity contribution in [3.05, 3.63) is 52.5 Å². The number of rotatable bonds is 6. The SMILES string of the molecule is CCC(N)Cc1ccc(Oc2ccc(OC)cc2)c(Br)c1. The van der Waals surface area contributed by atoms with Gasteiger partial charge in [0, 0.05) is 6.04 Å². The minimum atomic E-state index is 0.199. The van der Waals surface area contributed by atoms with Crippen LogP contribution in [0.3, 0.4) is 0 Å². The molecule has 0 aliphatic heterocycles. The summed E-state index contributed by atoms with van der Waals surface area (Å²) in [7, 11) is 1.65. The highest BCUT2D eigenvalue weighted by molar-refractivity contribution is 9.10. The van der Waals surface area contributed by atoms with Crippen molar-refractivity contribution in [3.8, 4) is 17.2 Å². The first kappa shape index (κ1) is 15.9. The lowest BCUT2D eigenvalue weighted by atomic mass is 10.0. The summed E-state index contributed by atoms with van der Waals surface area (Å²) < 4.78 is 11.9. The molecule has 1 atom stereocenters. The summed E-state index contributed by atoms with van der Waals surface area (Å²) in [4.78, 5) is 0. The van der Waals surface area contributed by atoms with Crippen LogP contribution in [0.2, 0.25) is 0 Å². The number of hydrogen-bond donors (Lipinski definition) is 1. The summed E-state index contributed by atoms with van der Waals surface area (Å²) in [6.45, 7) is 2.10. The first-order chi connectivity index (χ1) is 10.1. The molecular formula is C17H20BrNO2. The second kappa shape index (κ2) is 7.48. The molecule has 3 nitrogen and oxygen atoms in total. The summed E-state index contributed by atoms with van der Waals surface area (Å²) in [5, 5.41) is 0. The van der Waals surface area contributed by atoms with E-state index >= 15 is 0 Å². The Morgan fingerprint density at radius 1 is 1.10 bits per heavy atom. The molecule has 2 aromatic carbocycles. The highest BCUT2D eigenvalue weighted by atomic mass is 79.9. The molecule has 0 saturated carbocycles. The zero-order valence-electron chi connectivity index (χ0n) is 12.3. The van der Waals surface area contributed by atoms with Crippen molar-refractivity contribution in [1.29, 1.82) is 0 Å². The molecule has 21 heavy (non-hydrogen) atoms. The van der Waals surface area contributed by atoms with Crippen LogP contribution in [0.5, 0.6) is 17.2 Å². The maximum atomic E-state index is 5.99. The van der Waals surface area contributed by atoms with Gasteiger partial charge >= 0.3 is 0 Å². The maximum Gasteiger partial charge on any atom is 0.141 e. The monoisotopic (exact) mass is 349 g/mol. The molecule has 1 unspecified atom stereocenters. The van der Waals surface area contributed by atoms with Gasteiger partial charge in [0.1, 0.15) is 17.2 Å². The zero-order chi connectivity index (χ0) is 15.2. The lowest BCUT2D eigenvalue weighted by Gasteiger charge is -2.12. The molecule has 0 aromatic heterocycles. The van der Waals surface area contributed by atoms with Crippen molar-refractivity contribution in [3.63, 3.8) is 0 Å². The summed E-state index contributed by atoms with van der Waals surface area (Å²) >= 11 is 3.55. The van der Waals surface area contributed by atoms with E-state index in [1.54, 1.807) is 7.11 Å². The quantitative estimate of drug-likeness (QED) is 0.833. The molecule has 2 rings (SSSR count). The molecule has 0 fully saturated rings. The molecule has 0 radical (unpaired) electrons. The van der Waals surface area contributed by atoms with Gasteiger partial charge in [-0.2, -0.15) is 0 Å². The van der Waals surface area contributed by atoms with Crippen molar-refractivity contribution in [2.24, 2.45) is 5.73 Å². The van der Waals surface area contributed by atoms with Gasteiger partial charge < -0.3 is 15.2 Å². The van der Waals surface area contributed by atoms with Crippen molar-refractivity contribution < 1.29 is 9.47 Å². The van der Waals surface area contributed by atoms with Crippen LogP contribution >= 0.6 is 15.9 Å². The van der Waals surface area contributed by atoms with Gasteiger partial charge in [-0.3, -0.25) is 0 Å². The number of nitrogens with two attached hydrogens (primary N) is 1. The third kappa shape index (κ3) is 4.48. The Morgan fingerprint density at radius 2 is 1.76 bits per heavy atom. The summed E-state index contributed by atoms with van der Waals surface area (Å²) in [5.74, 6) is 2.37. The highest BCUT2D eigenvalue weighted by Gasteiger charge is 2.07. The molecule has 0 amide bonds. The molecule has 0 aliphatic carbocycles. The molecule has 4 heteroatoms. The predicted molar refractivity (Wildman–Crippen MR) is 89.2 cm³/mol. The molecule has 0 bridgehead atoms. The second-order valence-corrected chi connectivity index (χ2v) is 5.77. The van der Waals surface area contributed by atoms with Crippen LogP contribution in [0.1, 0.15) is 18.9 Å². The van der Waals surface area contributed by atoms with Gasteiger partial charge in [-0.1, -0.05) is 13.0 Å². The smallest absolute Gasteiger partial charge is 0.141 e. The Balaban J connectivity index is 2.09. The Bertz CT molecular complexity index is 584. The Hall–Kier alpha value is -1.52. The number of methoxy groups -OCH3 is 1. The molecule has 0 saturated heterocycles. The molecule has 112 valence electrons. The van der Waals surface area contributed by atoms with Gasteiger partial charge in [-0.25, -0.2) is 0 Å². The summed E-state index contributed by atoms with van der Waals surface area (Å²) in [6, 6.07) is 13.8. The van der Waals surface area contributed by atoms with Gasteiger partial charge in [0.25, 0.3) is 0 Å². The van der Waals surface area contributed by atoms with Crippen LogP contribution in [0.25, 0.3) is 0 Å². The fourth-order valence-electron chi connectivity index (χ4n) is 1.97. The van der Waals surface area contributed by atoms with Crippen molar-refractivity contribution in [2.75, 3.05) is 7.11 Å². The predicted octanol–water partition coefficient (Wildman–Crippen LogP) is 4.53. The standard InChI is InChI=1S/C17H20BrNO2/c1-3-13(19)10-12-4-9-17(16(18)11-12)21-15-7-5-14(20-2)6-8-15/h4-9,11,13H,3,10,19H2,1-2H3. The van der Waals surface area contributed by atoms with E-state index in [-0.39, 0.29) is 6.04 Å². The maximum absolute atomic E-state index is 5.99. The number of ether oxygens (including phenoxy) is 2. The van der Waals surface area contributed by atoms with Gasteiger partial charge in [0.2, 0.25) is 0 Å². The fraction of sp³-hybridized carbons (Fsp3) is 0.294. The fourth-order valence-corrected chi connectivity index (χ4v) is 2.48. The minimum absolute atomic E-state index is 0.199. The third-order valence-corrected chi connectivity index (χ3v) is 3.93. The van der Waals surface area contributed by atoms with Crippen LogP contribution in [0.15, 0.2) is 46.9 Å². The van der Waals surface area contributed by atoms with E-state index in [1.807, 2.05) is 30.3 Å². The molecule has 0 spiro atoms. The van der Waals surface area contributed by atoms with Crippen LogP contribution in [-0.4, -0.2) is 13.2 Å². The lowest BCUT2D eigenvalue weighted by Crippen LogP contribution is -2.21. The van der Waals surface area contributed by atoms with Gasteiger partial charge in [0.05, 0.1) is 11.6 Å². The van der Waals surface area contributed by atoms with Crippen molar-refractivity contribution >= 4 is 15.9 Å². The summed E-state index contributed by atoms with van der Waals surface area (Å²) in [6.07, 6.45) is 1.85. The molecule has 2 N–H and O–H groups in total. The number of hydrogen-bond acceptors (Lipinski definition) is 3. The van der Waals surface area contributed by atoms with Crippen LogP contribution in [-0.2, 0) is 6.42 Å². The number of halogens is 1. The van der Waals surface area contributed by atoms with E-state index in [0.717, 1.165) is 34.6 Å². The first-order valence-corrected chi connectivity index (χ1v) is 7.77. The highest BCUT2D eigenvalue weighted by Crippen LogP contribution is 2.31. The van der Waals surface area contributed by atoms with Crippen molar-refractivity contribution in [2.45, 2.75) is 25.8 Å². The van der Waals surface area contributed by atoms with Crippen LogP contribution in [0, 0.1) is 0 Å². The van der Waals surface area contributed by atoms with E-state index < -0.39 is 0 Å². The van der Waals surface area contributed by atoms with E-state index in [4.69, 9.17) is 15.2 Å². The Labute approximate surface area is 134 Å². The van der Waals surface area contributed by atoms with Gasteiger partial charge in [0.15, 0.2) is 0 Å². The Morgan fingerprint density at radius 3 is 2.33 bits per heavy atom. The third-order valence-electron chi connectivity index (χ3n) is 3.31. The average Bonchev–Trinajstić information content (AvgIpc) is 2.50.